The number of carbonyl (C=O) groups is 1. The Labute approximate surface area is 181 Å². The lowest BCUT2D eigenvalue weighted by Crippen LogP contribution is -2.36. The molecule has 0 aliphatic heterocycles. The summed E-state index contributed by atoms with van der Waals surface area (Å²) in [5.41, 5.74) is 5.73. The second-order valence-electron chi connectivity index (χ2n) is 8.73. The fourth-order valence-corrected chi connectivity index (χ4v) is 4.47. The molecule has 1 aromatic heterocycles. The van der Waals surface area contributed by atoms with Crippen molar-refractivity contribution >= 4 is 11.6 Å². The molecule has 158 valence electrons. The smallest absolute Gasteiger partial charge is 0.252 e. The topological polar surface area (TPSA) is 54.0 Å². The SMILES string of the molecule is Cc1cccc(N[C@@H]2CCCc3nc(C4(NC(=O)c5ccc(F)cc5)CC4)ccc32)c1. The van der Waals surface area contributed by atoms with Gasteiger partial charge in [-0.05, 0) is 92.6 Å². The van der Waals surface area contributed by atoms with E-state index in [4.69, 9.17) is 4.98 Å². The standard InChI is InChI=1S/C26H26FN3O/c1-17-4-2-5-20(16-17)28-22-6-3-7-23-21(22)12-13-24(29-23)26(14-15-26)30-25(31)18-8-10-19(27)11-9-18/h2,4-5,8-13,16,22,28H,3,6-7,14-15H2,1H3,(H,30,31)/t22-/m1/s1. The van der Waals surface area contributed by atoms with E-state index >= 15 is 0 Å². The van der Waals surface area contributed by atoms with E-state index in [1.54, 1.807) is 0 Å². The summed E-state index contributed by atoms with van der Waals surface area (Å²) < 4.78 is 13.2. The molecule has 5 rings (SSSR count). The van der Waals surface area contributed by atoms with Crippen molar-refractivity contribution in [2.45, 2.75) is 50.6 Å². The van der Waals surface area contributed by atoms with Crippen LogP contribution in [0.3, 0.4) is 0 Å². The van der Waals surface area contributed by atoms with Crippen LogP contribution in [-0.2, 0) is 12.0 Å². The molecule has 0 unspecified atom stereocenters. The molecule has 1 heterocycles. The Hall–Kier alpha value is -3.21. The predicted octanol–water partition coefficient (Wildman–Crippen LogP) is 5.44. The molecule has 2 N–H and O–H groups in total. The van der Waals surface area contributed by atoms with Crippen LogP contribution in [0.2, 0.25) is 0 Å². The van der Waals surface area contributed by atoms with E-state index in [0.717, 1.165) is 49.2 Å². The van der Waals surface area contributed by atoms with Crippen molar-refractivity contribution in [3.8, 4) is 0 Å². The molecule has 1 amide bonds. The molecule has 4 nitrogen and oxygen atoms in total. The number of halogens is 1. The number of nitrogens with one attached hydrogen (secondary N) is 2. The van der Waals surface area contributed by atoms with Gasteiger partial charge in [-0.1, -0.05) is 18.2 Å². The first kappa shape index (κ1) is 19.7. The number of hydrogen-bond donors (Lipinski definition) is 2. The number of benzene rings is 2. The summed E-state index contributed by atoms with van der Waals surface area (Å²) in [5.74, 6) is -0.529. The van der Waals surface area contributed by atoms with E-state index in [2.05, 4.69) is 54.0 Å². The maximum Gasteiger partial charge on any atom is 0.252 e. The zero-order valence-corrected chi connectivity index (χ0v) is 17.6. The highest BCUT2D eigenvalue weighted by Crippen LogP contribution is 2.46. The summed E-state index contributed by atoms with van der Waals surface area (Å²) in [5, 5.41) is 6.81. The summed E-state index contributed by atoms with van der Waals surface area (Å²) in [6.07, 6.45) is 4.86. The highest BCUT2D eigenvalue weighted by Gasteiger charge is 2.47. The molecule has 5 heteroatoms. The lowest BCUT2D eigenvalue weighted by molar-refractivity contribution is 0.0929. The first-order chi connectivity index (χ1) is 15.0. The molecule has 3 aromatic rings. The van der Waals surface area contributed by atoms with Gasteiger partial charge in [-0.2, -0.15) is 0 Å². The highest BCUT2D eigenvalue weighted by molar-refractivity contribution is 5.95. The van der Waals surface area contributed by atoms with Crippen LogP contribution in [0.5, 0.6) is 0 Å². The van der Waals surface area contributed by atoms with Crippen LogP contribution in [-0.4, -0.2) is 10.9 Å². The van der Waals surface area contributed by atoms with Crippen LogP contribution < -0.4 is 10.6 Å². The average molecular weight is 416 g/mol. The van der Waals surface area contributed by atoms with Gasteiger partial charge in [-0.15, -0.1) is 0 Å². The monoisotopic (exact) mass is 415 g/mol. The zero-order valence-electron chi connectivity index (χ0n) is 17.6. The van der Waals surface area contributed by atoms with Gasteiger partial charge in [-0.25, -0.2) is 4.39 Å². The molecule has 2 aromatic carbocycles. The molecular formula is C26H26FN3O. The fourth-order valence-electron chi connectivity index (χ4n) is 4.47. The van der Waals surface area contributed by atoms with Crippen molar-refractivity contribution in [2.24, 2.45) is 0 Å². The molecular weight excluding hydrogens is 389 g/mol. The first-order valence-corrected chi connectivity index (χ1v) is 10.9. The largest absolute Gasteiger partial charge is 0.378 e. The number of amides is 1. The number of rotatable bonds is 5. The molecule has 2 aliphatic carbocycles. The Balaban J connectivity index is 1.36. The minimum Gasteiger partial charge on any atom is -0.378 e. The van der Waals surface area contributed by atoms with Crippen LogP contribution in [0.15, 0.2) is 60.7 Å². The third-order valence-electron chi connectivity index (χ3n) is 6.35. The van der Waals surface area contributed by atoms with Crippen molar-refractivity contribution in [2.75, 3.05) is 5.32 Å². The fraction of sp³-hybridized carbons (Fsp3) is 0.308. The molecule has 1 fully saturated rings. The van der Waals surface area contributed by atoms with Gasteiger partial charge in [0.2, 0.25) is 0 Å². The molecule has 1 atom stereocenters. The number of nitrogens with zero attached hydrogens (tertiary/aromatic N) is 1. The number of aromatic nitrogens is 1. The Morgan fingerprint density at radius 2 is 1.90 bits per heavy atom. The van der Waals surface area contributed by atoms with E-state index in [0.29, 0.717) is 5.56 Å². The number of hydrogen-bond acceptors (Lipinski definition) is 3. The molecule has 0 bridgehead atoms. The van der Waals surface area contributed by atoms with Crippen molar-refractivity contribution in [3.05, 3.63) is 94.6 Å². The van der Waals surface area contributed by atoms with Gasteiger partial charge in [0.05, 0.1) is 17.3 Å². The van der Waals surface area contributed by atoms with Gasteiger partial charge in [0.15, 0.2) is 0 Å². The zero-order chi connectivity index (χ0) is 21.4. The van der Waals surface area contributed by atoms with Crippen LogP contribution in [0, 0.1) is 12.7 Å². The number of anilines is 1. The van der Waals surface area contributed by atoms with Gasteiger partial charge < -0.3 is 10.6 Å². The number of carbonyl (C=O) groups excluding carboxylic acids is 1. The van der Waals surface area contributed by atoms with Crippen LogP contribution in [0.1, 0.15) is 64.6 Å². The Morgan fingerprint density at radius 3 is 2.65 bits per heavy atom. The Bertz CT molecular complexity index is 1120. The summed E-state index contributed by atoms with van der Waals surface area (Å²) >= 11 is 0. The average Bonchev–Trinajstić information content (AvgIpc) is 3.55. The minimum absolute atomic E-state index is 0.184. The van der Waals surface area contributed by atoms with Crippen molar-refractivity contribution < 1.29 is 9.18 Å². The number of aryl methyl sites for hydroxylation is 2. The third kappa shape index (κ3) is 4.05. The van der Waals surface area contributed by atoms with Crippen LogP contribution in [0.25, 0.3) is 0 Å². The molecule has 31 heavy (non-hydrogen) atoms. The van der Waals surface area contributed by atoms with Crippen molar-refractivity contribution in [1.82, 2.24) is 10.3 Å². The first-order valence-electron chi connectivity index (χ1n) is 10.9. The molecule has 1 saturated carbocycles. The predicted molar refractivity (Wildman–Crippen MR) is 119 cm³/mol. The van der Waals surface area contributed by atoms with Gasteiger partial charge in [-0.3, -0.25) is 9.78 Å². The van der Waals surface area contributed by atoms with E-state index in [-0.39, 0.29) is 17.8 Å². The number of fused-ring (bicyclic) bond motifs is 1. The lowest BCUT2D eigenvalue weighted by Gasteiger charge is -2.28. The van der Waals surface area contributed by atoms with Crippen LogP contribution in [0.4, 0.5) is 10.1 Å². The Morgan fingerprint density at radius 1 is 1.10 bits per heavy atom. The van der Waals surface area contributed by atoms with Gasteiger partial charge in [0, 0.05) is 16.9 Å². The number of pyridine rings is 1. The summed E-state index contributed by atoms with van der Waals surface area (Å²) in [6, 6.07) is 18.6. The maximum atomic E-state index is 13.2. The van der Waals surface area contributed by atoms with E-state index in [1.165, 1.54) is 35.4 Å². The molecule has 0 saturated heterocycles. The Kier molecular flexibility index (Phi) is 4.97. The summed E-state index contributed by atoms with van der Waals surface area (Å²) in [6.45, 7) is 2.10. The minimum atomic E-state index is -0.405. The van der Waals surface area contributed by atoms with E-state index < -0.39 is 5.54 Å². The highest BCUT2D eigenvalue weighted by atomic mass is 19.1. The quantitative estimate of drug-likeness (QED) is 0.584. The molecule has 0 radical (unpaired) electrons. The van der Waals surface area contributed by atoms with Crippen LogP contribution >= 0.6 is 0 Å². The van der Waals surface area contributed by atoms with Crippen molar-refractivity contribution in [1.29, 1.82) is 0 Å². The van der Waals surface area contributed by atoms with Gasteiger partial charge >= 0.3 is 0 Å². The third-order valence-corrected chi connectivity index (χ3v) is 6.35. The van der Waals surface area contributed by atoms with E-state index in [1.807, 2.05) is 0 Å². The summed E-state index contributed by atoms with van der Waals surface area (Å²) in [4.78, 5) is 17.7. The summed E-state index contributed by atoms with van der Waals surface area (Å²) in [7, 11) is 0. The van der Waals surface area contributed by atoms with Gasteiger partial charge in [0.1, 0.15) is 5.82 Å². The molecule has 2 aliphatic rings. The second kappa shape index (κ2) is 7.80. The normalized spacial score (nSPS) is 18.7. The van der Waals surface area contributed by atoms with Gasteiger partial charge in [0.25, 0.3) is 5.91 Å². The maximum absolute atomic E-state index is 13.2. The molecule has 0 spiro atoms. The second-order valence-corrected chi connectivity index (χ2v) is 8.73. The lowest BCUT2D eigenvalue weighted by atomic mass is 9.90. The van der Waals surface area contributed by atoms with Crippen molar-refractivity contribution in [3.63, 3.8) is 0 Å². The van der Waals surface area contributed by atoms with E-state index in [9.17, 15) is 9.18 Å².